The summed E-state index contributed by atoms with van der Waals surface area (Å²) in [7, 11) is 0. The Bertz CT molecular complexity index is 407. The fourth-order valence-electron chi connectivity index (χ4n) is 1.95. The first-order chi connectivity index (χ1) is 9.51. The van der Waals surface area contributed by atoms with Crippen molar-refractivity contribution in [3.05, 3.63) is 12.3 Å². The lowest BCUT2D eigenvalue weighted by molar-refractivity contribution is 0.0143. The smallest absolute Gasteiger partial charge is 0.389 e. The summed E-state index contributed by atoms with van der Waals surface area (Å²) in [6.45, 7) is 10.2. The summed E-state index contributed by atoms with van der Waals surface area (Å²) >= 11 is 0.759. The molecule has 0 amide bonds. The molecule has 124 valence electrons. The highest BCUT2D eigenvalue weighted by molar-refractivity contribution is 8.54. The molecule has 1 N–H and O–H groups in total. The van der Waals surface area contributed by atoms with Crippen molar-refractivity contribution in [3.63, 3.8) is 0 Å². The molecule has 1 saturated heterocycles. The van der Waals surface area contributed by atoms with Crippen LogP contribution in [0, 0.1) is 11.3 Å². The quantitative estimate of drug-likeness (QED) is 0.427. The highest BCUT2D eigenvalue weighted by Crippen LogP contribution is 2.56. The van der Waals surface area contributed by atoms with Crippen LogP contribution in [0.4, 0.5) is 0 Å². The van der Waals surface area contributed by atoms with Gasteiger partial charge in [-0.1, -0.05) is 34.3 Å². The first-order valence-electron chi connectivity index (χ1n) is 7.11. The third kappa shape index (κ3) is 6.74. The molecule has 0 aromatic rings. The second kappa shape index (κ2) is 7.51. The van der Waals surface area contributed by atoms with Crippen molar-refractivity contribution >= 4 is 18.2 Å². The van der Waals surface area contributed by atoms with Gasteiger partial charge < -0.3 is 14.4 Å². The summed E-state index contributed by atoms with van der Waals surface area (Å²) in [5, 5.41) is 0. The van der Waals surface area contributed by atoms with Gasteiger partial charge >= 0.3 is 6.80 Å². The normalized spacial score (nSPS) is 29.1. The fraction of sp³-hybridized carbons (Fsp3) is 0.857. The Morgan fingerprint density at radius 3 is 2.57 bits per heavy atom. The molecular weight excluding hydrogens is 311 g/mol. The van der Waals surface area contributed by atoms with Gasteiger partial charge in [0.1, 0.15) is 5.94 Å². The van der Waals surface area contributed by atoms with Crippen LogP contribution in [-0.4, -0.2) is 29.6 Å². The van der Waals surface area contributed by atoms with Crippen LogP contribution in [-0.2, 0) is 18.6 Å². The zero-order valence-corrected chi connectivity index (χ0v) is 15.2. The standard InChI is InChI=1S/C14H27O5PS/c1-10-7-11(2)19-13(10)8-18-20(15,16)21-9-17-12(3)14(4,5)6/h10-11,13H,3,7-9H2,1-2,4-6H3,(H,15,16)/t10-,11-,13+/m0/s1. The van der Waals surface area contributed by atoms with Crippen LogP contribution in [0.5, 0.6) is 0 Å². The molecule has 0 bridgehead atoms. The van der Waals surface area contributed by atoms with E-state index in [1.54, 1.807) is 0 Å². The number of hydrogen-bond acceptors (Lipinski definition) is 5. The molecule has 4 atom stereocenters. The predicted octanol–water partition coefficient (Wildman–Crippen LogP) is 4.18. The second-order valence-electron chi connectivity index (χ2n) is 6.53. The van der Waals surface area contributed by atoms with E-state index in [9.17, 15) is 9.46 Å². The highest BCUT2D eigenvalue weighted by atomic mass is 32.7. The Morgan fingerprint density at radius 2 is 2.10 bits per heavy atom. The van der Waals surface area contributed by atoms with Crippen LogP contribution < -0.4 is 0 Å². The van der Waals surface area contributed by atoms with Crippen molar-refractivity contribution in [1.29, 1.82) is 0 Å². The first-order valence-corrected chi connectivity index (χ1v) is 10.3. The molecule has 1 heterocycles. The van der Waals surface area contributed by atoms with Gasteiger partial charge in [-0.05, 0) is 19.3 Å². The van der Waals surface area contributed by atoms with Crippen molar-refractivity contribution in [3.8, 4) is 0 Å². The Balaban J connectivity index is 2.31. The molecule has 0 radical (unpaired) electrons. The van der Waals surface area contributed by atoms with Crippen LogP contribution in [0.1, 0.15) is 41.0 Å². The van der Waals surface area contributed by atoms with Crippen LogP contribution in [0.15, 0.2) is 12.3 Å². The van der Waals surface area contributed by atoms with Crippen molar-refractivity contribution in [2.45, 2.75) is 53.2 Å². The highest BCUT2D eigenvalue weighted by Gasteiger charge is 2.32. The van der Waals surface area contributed by atoms with Crippen molar-refractivity contribution < 1.29 is 23.5 Å². The van der Waals surface area contributed by atoms with E-state index in [1.807, 2.05) is 27.7 Å². The minimum atomic E-state index is -3.73. The van der Waals surface area contributed by atoms with Gasteiger partial charge in [0.2, 0.25) is 0 Å². The van der Waals surface area contributed by atoms with Crippen LogP contribution >= 0.6 is 18.2 Å². The summed E-state index contributed by atoms with van der Waals surface area (Å²) in [4.78, 5) is 9.77. The predicted molar refractivity (Wildman–Crippen MR) is 86.0 cm³/mol. The number of allylic oxidation sites excluding steroid dienone is 1. The lowest BCUT2D eigenvalue weighted by atomic mass is 9.95. The van der Waals surface area contributed by atoms with Crippen LogP contribution in [0.3, 0.4) is 0 Å². The summed E-state index contributed by atoms with van der Waals surface area (Å²) in [6.07, 6.45) is 1.01. The molecule has 1 fully saturated rings. The zero-order valence-electron chi connectivity index (χ0n) is 13.5. The number of rotatable bonds is 7. The van der Waals surface area contributed by atoms with E-state index < -0.39 is 6.80 Å². The number of hydrogen-bond donors (Lipinski definition) is 1. The maximum absolute atomic E-state index is 11.9. The largest absolute Gasteiger partial charge is 0.487 e. The van der Waals surface area contributed by atoms with Gasteiger partial charge in [0, 0.05) is 16.8 Å². The average molecular weight is 338 g/mol. The van der Waals surface area contributed by atoms with Crippen LogP contribution in [0.25, 0.3) is 0 Å². The van der Waals surface area contributed by atoms with Crippen LogP contribution in [0.2, 0.25) is 0 Å². The van der Waals surface area contributed by atoms with E-state index in [0.29, 0.717) is 11.7 Å². The second-order valence-corrected chi connectivity index (χ2v) is 10.4. The average Bonchev–Trinajstić information content (AvgIpc) is 2.64. The van der Waals surface area contributed by atoms with E-state index >= 15 is 0 Å². The topological polar surface area (TPSA) is 65.0 Å². The molecule has 1 rings (SSSR count). The molecule has 0 aliphatic carbocycles. The summed E-state index contributed by atoms with van der Waals surface area (Å²) in [5.74, 6) is 0.958. The molecular formula is C14H27O5PS. The molecule has 1 aliphatic heterocycles. The minimum Gasteiger partial charge on any atom is -0.487 e. The lowest BCUT2D eigenvalue weighted by Crippen LogP contribution is -2.20. The van der Waals surface area contributed by atoms with E-state index in [2.05, 4.69) is 13.5 Å². The summed E-state index contributed by atoms with van der Waals surface area (Å²) in [5.41, 5.74) is -0.190. The van der Waals surface area contributed by atoms with Gasteiger partial charge in [-0.15, -0.1) is 0 Å². The molecule has 1 unspecified atom stereocenters. The maximum Gasteiger partial charge on any atom is 0.389 e. The molecule has 21 heavy (non-hydrogen) atoms. The van der Waals surface area contributed by atoms with Gasteiger partial charge in [0.15, 0.2) is 0 Å². The van der Waals surface area contributed by atoms with E-state index in [1.165, 1.54) is 0 Å². The van der Waals surface area contributed by atoms with Crippen molar-refractivity contribution in [1.82, 2.24) is 0 Å². The maximum atomic E-state index is 11.9. The van der Waals surface area contributed by atoms with Gasteiger partial charge in [0.05, 0.1) is 24.6 Å². The summed E-state index contributed by atoms with van der Waals surface area (Å²) in [6, 6.07) is 0. The monoisotopic (exact) mass is 338 g/mol. The Labute approximate surface area is 131 Å². The van der Waals surface area contributed by atoms with Gasteiger partial charge in [0.25, 0.3) is 0 Å². The molecule has 7 heteroatoms. The third-order valence-electron chi connectivity index (χ3n) is 3.43. The van der Waals surface area contributed by atoms with Gasteiger partial charge in [-0.3, -0.25) is 4.52 Å². The van der Waals surface area contributed by atoms with Gasteiger partial charge in [-0.2, -0.15) is 0 Å². The van der Waals surface area contributed by atoms with Gasteiger partial charge in [-0.25, -0.2) is 4.57 Å². The Morgan fingerprint density at radius 1 is 1.48 bits per heavy atom. The van der Waals surface area contributed by atoms with Crippen molar-refractivity contribution in [2.24, 2.45) is 11.3 Å². The Hall–Kier alpha value is -0.0000000000000000694. The number of ether oxygens (including phenoxy) is 2. The molecule has 0 saturated carbocycles. The summed E-state index contributed by atoms with van der Waals surface area (Å²) < 4.78 is 28.1. The first kappa shape index (κ1) is 19.0. The minimum absolute atomic E-state index is 0.0430. The molecule has 0 spiro atoms. The van der Waals surface area contributed by atoms with E-state index in [4.69, 9.17) is 14.0 Å². The molecule has 0 aromatic carbocycles. The molecule has 5 nitrogen and oxygen atoms in total. The zero-order chi connectivity index (χ0) is 16.3. The van der Waals surface area contributed by atoms with Crippen molar-refractivity contribution in [2.75, 3.05) is 12.5 Å². The third-order valence-corrected chi connectivity index (χ3v) is 6.07. The van der Waals surface area contributed by atoms with E-state index in [0.717, 1.165) is 17.8 Å². The Kier molecular flexibility index (Phi) is 6.81. The SMILES string of the molecule is C=C(OCSP(=O)(O)OC[C@H]1O[C@@H](C)C[C@@H]1C)C(C)(C)C. The molecule has 0 aromatic heterocycles. The lowest BCUT2D eigenvalue weighted by Gasteiger charge is -2.22. The van der Waals surface area contributed by atoms with E-state index in [-0.39, 0.29) is 30.2 Å². The molecule has 1 aliphatic rings. The fourth-order valence-corrected chi connectivity index (χ4v) is 3.65.